The minimum atomic E-state index is -4.10. The molecule has 0 radical (unpaired) electrons. The first-order chi connectivity index (χ1) is 9.79. The maximum Gasteiger partial charge on any atom is 0.324 e. The first-order valence-corrected chi connectivity index (χ1v) is 6.78. The normalized spacial score (nSPS) is 12.0. The van der Waals surface area contributed by atoms with E-state index in [1.54, 1.807) is 0 Å². The average Bonchev–Trinajstić information content (AvgIpc) is 2.42. The average molecular weight is 308 g/mol. The van der Waals surface area contributed by atoms with Crippen molar-refractivity contribution in [2.75, 3.05) is 23.7 Å². The van der Waals surface area contributed by atoms with E-state index < -0.39 is 18.9 Å². The van der Waals surface area contributed by atoms with Gasteiger partial charge < -0.3 is 10.6 Å². The molecule has 0 aliphatic carbocycles. The van der Waals surface area contributed by atoms with Gasteiger partial charge in [0.25, 0.3) is 0 Å². The molecule has 0 atom stereocenters. The highest BCUT2D eigenvalue weighted by Crippen LogP contribution is 2.30. The van der Waals surface area contributed by atoms with Crippen molar-refractivity contribution in [2.24, 2.45) is 0 Å². The van der Waals surface area contributed by atoms with Gasteiger partial charge in [0.2, 0.25) is 0 Å². The van der Waals surface area contributed by atoms with Gasteiger partial charge in [-0.15, -0.1) is 0 Å². The molecule has 0 amide bonds. The van der Waals surface area contributed by atoms with Crippen molar-refractivity contribution in [3.05, 3.63) is 11.9 Å². The highest BCUT2D eigenvalue weighted by atomic mass is 19.3. The molecule has 0 bridgehead atoms. The van der Waals surface area contributed by atoms with Gasteiger partial charge in [0.1, 0.15) is 18.0 Å². The first-order valence-electron chi connectivity index (χ1n) is 6.78. The van der Waals surface area contributed by atoms with Gasteiger partial charge in [-0.25, -0.2) is 18.7 Å². The molecular formula is C13H20F4N4. The molecule has 0 aromatic carbocycles. The Hall–Kier alpha value is -1.60. The third-order valence-electron chi connectivity index (χ3n) is 2.81. The van der Waals surface area contributed by atoms with Crippen LogP contribution in [-0.2, 0) is 0 Å². The molecule has 1 aromatic rings. The predicted octanol–water partition coefficient (Wildman–Crippen LogP) is 3.73. The van der Waals surface area contributed by atoms with Crippen LogP contribution >= 0.6 is 0 Å². The molecule has 2 N–H and O–H groups in total. The van der Waals surface area contributed by atoms with Crippen LogP contribution in [0, 0.1) is 0 Å². The Bertz CT molecular complexity index is 452. The third kappa shape index (κ3) is 4.71. The highest BCUT2D eigenvalue weighted by molar-refractivity contribution is 5.59. The number of aromatic nitrogens is 2. The second-order valence-corrected chi connectivity index (χ2v) is 4.98. The van der Waals surface area contributed by atoms with Crippen molar-refractivity contribution in [2.45, 2.75) is 45.5 Å². The van der Waals surface area contributed by atoms with Gasteiger partial charge >= 0.3 is 12.3 Å². The van der Waals surface area contributed by atoms with Gasteiger partial charge in [-0.3, -0.25) is 0 Å². The van der Waals surface area contributed by atoms with Crippen LogP contribution in [-0.4, -0.2) is 35.4 Å². The van der Waals surface area contributed by atoms with E-state index >= 15 is 0 Å². The number of nitrogens with zero attached hydrogens (tertiary/aromatic N) is 2. The predicted molar refractivity (Wildman–Crippen MR) is 74.3 cm³/mol. The summed E-state index contributed by atoms with van der Waals surface area (Å²) >= 11 is 0. The number of anilines is 2. The Morgan fingerprint density at radius 2 is 1.71 bits per heavy atom. The van der Waals surface area contributed by atoms with Crippen LogP contribution in [0.15, 0.2) is 6.33 Å². The lowest BCUT2D eigenvalue weighted by atomic mass is 10.0. The molecule has 1 heterocycles. The monoisotopic (exact) mass is 308 g/mol. The zero-order chi connectivity index (χ0) is 16.0. The summed E-state index contributed by atoms with van der Waals surface area (Å²) in [5.74, 6) is -3.46. The lowest BCUT2D eigenvalue weighted by Crippen LogP contribution is -2.35. The van der Waals surface area contributed by atoms with Crippen LogP contribution in [0.2, 0.25) is 0 Å². The topological polar surface area (TPSA) is 49.8 Å². The minimum absolute atomic E-state index is 0.0479. The molecule has 0 spiro atoms. The second-order valence-electron chi connectivity index (χ2n) is 4.98. The Balaban J connectivity index is 2.96. The second kappa shape index (κ2) is 7.42. The molecule has 0 aliphatic heterocycles. The smallest absolute Gasteiger partial charge is 0.324 e. The maximum atomic E-state index is 13.0. The molecule has 1 aromatic heterocycles. The van der Waals surface area contributed by atoms with Gasteiger partial charge in [-0.2, -0.15) is 8.78 Å². The van der Waals surface area contributed by atoms with Gasteiger partial charge in [0, 0.05) is 12.1 Å². The summed E-state index contributed by atoms with van der Waals surface area (Å²) in [6.07, 6.45) is -1.63. The fraction of sp³-hybridized carbons (Fsp3) is 0.692. The van der Waals surface area contributed by atoms with Crippen LogP contribution in [0.1, 0.15) is 38.7 Å². The number of halogens is 4. The summed E-state index contributed by atoms with van der Waals surface area (Å²) in [7, 11) is 0. The van der Waals surface area contributed by atoms with Gasteiger partial charge in [-0.1, -0.05) is 20.8 Å². The van der Waals surface area contributed by atoms with E-state index in [0.29, 0.717) is 17.9 Å². The van der Waals surface area contributed by atoms with Crippen LogP contribution in [0.5, 0.6) is 0 Å². The standard InChI is InChI=1S/C13H20F4N4/c1-4-5-18-10-9(8(2)3)11(21-7-20-10)19-6-13(16,17)12(14)15/h7-8,12H,4-6H2,1-3H3,(H2,18,19,20,21). The minimum Gasteiger partial charge on any atom is -0.370 e. The first kappa shape index (κ1) is 17.5. The lowest BCUT2D eigenvalue weighted by Gasteiger charge is -2.20. The Labute approximate surface area is 121 Å². The van der Waals surface area contributed by atoms with E-state index in [1.807, 2.05) is 20.8 Å². The molecule has 0 saturated carbocycles. The summed E-state index contributed by atoms with van der Waals surface area (Å²) in [5.41, 5.74) is 0.607. The Kier molecular flexibility index (Phi) is 6.17. The zero-order valence-corrected chi connectivity index (χ0v) is 12.3. The van der Waals surface area contributed by atoms with E-state index in [0.717, 1.165) is 6.42 Å². The van der Waals surface area contributed by atoms with Crippen molar-refractivity contribution in [1.29, 1.82) is 0 Å². The van der Waals surface area contributed by atoms with Crippen LogP contribution in [0.25, 0.3) is 0 Å². The van der Waals surface area contributed by atoms with Crippen LogP contribution < -0.4 is 10.6 Å². The van der Waals surface area contributed by atoms with Crippen molar-refractivity contribution < 1.29 is 17.6 Å². The van der Waals surface area contributed by atoms with E-state index in [-0.39, 0.29) is 11.7 Å². The molecule has 1 rings (SSSR count). The van der Waals surface area contributed by atoms with Crippen LogP contribution in [0.4, 0.5) is 29.2 Å². The Morgan fingerprint density at radius 3 is 2.19 bits per heavy atom. The summed E-state index contributed by atoms with van der Waals surface area (Å²) in [6, 6.07) is 0. The van der Waals surface area contributed by atoms with Crippen molar-refractivity contribution in [3.8, 4) is 0 Å². The molecule has 0 aliphatic rings. The number of rotatable bonds is 8. The Morgan fingerprint density at radius 1 is 1.14 bits per heavy atom. The van der Waals surface area contributed by atoms with Gasteiger partial charge in [0.15, 0.2) is 0 Å². The molecule has 0 unspecified atom stereocenters. The quantitative estimate of drug-likeness (QED) is 0.718. The number of alkyl halides is 4. The van der Waals surface area contributed by atoms with Crippen molar-refractivity contribution in [1.82, 2.24) is 9.97 Å². The van der Waals surface area contributed by atoms with Crippen LogP contribution in [0.3, 0.4) is 0 Å². The van der Waals surface area contributed by atoms with Gasteiger partial charge in [0.05, 0.1) is 6.54 Å². The summed E-state index contributed by atoms with van der Waals surface area (Å²) < 4.78 is 50.4. The zero-order valence-electron chi connectivity index (χ0n) is 12.3. The number of nitrogens with one attached hydrogen (secondary N) is 2. The SMILES string of the molecule is CCCNc1ncnc(NCC(F)(F)C(F)F)c1C(C)C. The molecule has 8 heteroatoms. The van der Waals surface area contributed by atoms with E-state index in [1.165, 1.54) is 6.33 Å². The molecule has 4 nitrogen and oxygen atoms in total. The van der Waals surface area contributed by atoms with Crippen molar-refractivity contribution >= 4 is 11.6 Å². The summed E-state index contributed by atoms with van der Waals surface area (Å²) in [6.45, 7) is 5.18. The fourth-order valence-corrected chi connectivity index (χ4v) is 1.75. The van der Waals surface area contributed by atoms with E-state index in [9.17, 15) is 17.6 Å². The highest BCUT2D eigenvalue weighted by Gasteiger charge is 2.40. The van der Waals surface area contributed by atoms with Gasteiger partial charge in [-0.05, 0) is 12.3 Å². The molecular weight excluding hydrogens is 288 g/mol. The van der Waals surface area contributed by atoms with Crippen molar-refractivity contribution in [3.63, 3.8) is 0 Å². The molecule has 0 fully saturated rings. The fourth-order valence-electron chi connectivity index (χ4n) is 1.75. The molecule has 21 heavy (non-hydrogen) atoms. The summed E-state index contributed by atoms with van der Waals surface area (Å²) in [4.78, 5) is 7.97. The third-order valence-corrected chi connectivity index (χ3v) is 2.81. The molecule has 120 valence electrons. The molecule has 0 saturated heterocycles. The van der Waals surface area contributed by atoms with E-state index in [2.05, 4.69) is 20.6 Å². The summed E-state index contributed by atoms with van der Waals surface area (Å²) in [5, 5.41) is 5.39. The van der Waals surface area contributed by atoms with E-state index in [4.69, 9.17) is 0 Å². The number of hydrogen-bond donors (Lipinski definition) is 2. The lowest BCUT2D eigenvalue weighted by molar-refractivity contribution is -0.117. The number of hydrogen-bond acceptors (Lipinski definition) is 4. The largest absolute Gasteiger partial charge is 0.370 e. The maximum absolute atomic E-state index is 13.0.